The molecule has 2 atom stereocenters. The van der Waals surface area contributed by atoms with Crippen LogP contribution in [-0.2, 0) is 20.8 Å². The van der Waals surface area contributed by atoms with Crippen molar-refractivity contribution in [2.45, 2.75) is 38.8 Å². The average molecular weight is 383 g/mol. The molecule has 0 radical (unpaired) electrons. The molecule has 0 aromatic heterocycles. The van der Waals surface area contributed by atoms with Crippen LogP contribution in [0.1, 0.15) is 37.4 Å². The molecule has 1 aromatic rings. The Hall–Kier alpha value is -1.89. The quantitative estimate of drug-likeness (QED) is 0.831. The first-order valence-electron chi connectivity index (χ1n) is 7.43. The van der Waals surface area contributed by atoms with Gasteiger partial charge in [-0.3, -0.25) is 9.59 Å². The number of carbonyl (C=O) groups excluding carboxylic acids is 2. The van der Waals surface area contributed by atoms with Crippen LogP contribution in [0.15, 0.2) is 22.7 Å². The number of aliphatic carboxylic acids is 1. The van der Waals surface area contributed by atoms with Crippen molar-refractivity contribution in [3.8, 4) is 0 Å². The highest BCUT2D eigenvalue weighted by Gasteiger charge is 2.38. The summed E-state index contributed by atoms with van der Waals surface area (Å²) in [6, 6.07) is 3.74. The number of carboxylic acid groups (broad SMARTS) is 1. The molecule has 23 heavy (non-hydrogen) atoms. The lowest BCUT2D eigenvalue weighted by molar-refractivity contribution is -0.152. The van der Waals surface area contributed by atoms with Gasteiger partial charge in [-0.25, -0.2) is 4.79 Å². The maximum atomic E-state index is 12.7. The van der Waals surface area contributed by atoms with Crippen molar-refractivity contribution in [1.82, 2.24) is 10.2 Å². The molecule has 0 saturated carbocycles. The van der Waals surface area contributed by atoms with Crippen LogP contribution in [0.5, 0.6) is 0 Å². The number of nitrogens with zero attached hydrogens (tertiary/aromatic N) is 1. The van der Waals surface area contributed by atoms with Crippen molar-refractivity contribution in [2.24, 2.45) is 0 Å². The second kappa shape index (κ2) is 7.12. The summed E-state index contributed by atoms with van der Waals surface area (Å²) in [5, 5.41) is 12.2. The molecule has 1 aromatic carbocycles. The number of rotatable bonds is 4. The number of carboxylic acids is 1. The Morgan fingerprint density at radius 2 is 2.13 bits per heavy atom. The Balaban J connectivity index is 2.37. The van der Waals surface area contributed by atoms with E-state index >= 15 is 0 Å². The van der Waals surface area contributed by atoms with E-state index in [0.29, 0.717) is 24.9 Å². The van der Waals surface area contributed by atoms with Crippen LogP contribution < -0.4 is 5.32 Å². The molecule has 0 spiro atoms. The summed E-state index contributed by atoms with van der Waals surface area (Å²) in [5.74, 6) is -1.74. The first-order chi connectivity index (χ1) is 10.8. The Labute approximate surface area is 143 Å². The van der Waals surface area contributed by atoms with Crippen LogP contribution in [0.4, 0.5) is 0 Å². The van der Waals surface area contributed by atoms with E-state index in [1.807, 2.05) is 12.1 Å². The molecule has 1 aliphatic heterocycles. The predicted octanol–water partition coefficient (Wildman–Crippen LogP) is 1.87. The van der Waals surface area contributed by atoms with Crippen molar-refractivity contribution >= 4 is 33.7 Å². The summed E-state index contributed by atoms with van der Waals surface area (Å²) in [5.41, 5.74) is 1.54. The summed E-state index contributed by atoms with van der Waals surface area (Å²) in [6.45, 7) is 3.44. The van der Waals surface area contributed by atoms with Gasteiger partial charge in [0, 0.05) is 17.9 Å². The number of amides is 2. The molecule has 1 heterocycles. The molecule has 0 bridgehead atoms. The molecule has 124 valence electrons. The minimum absolute atomic E-state index is 0.308. The van der Waals surface area contributed by atoms with Gasteiger partial charge in [0.15, 0.2) is 6.04 Å². The van der Waals surface area contributed by atoms with Crippen LogP contribution >= 0.6 is 15.9 Å². The third-order valence-corrected chi connectivity index (χ3v) is 4.43. The lowest BCUT2D eigenvalue weighted by Crippen LogP contribution is -2.52. The normalized spacial score (nSPS) is 18.0. The molecule has 2 unspecified atom stereocenters. The van der Waals surface area contributed by atoms with Crippen LogP contribution in [0.3, 0.4) is 0 Å². The number of hydrogen-bond donors (Lipinski definition) is 2. The van der Waals surface area contributed by atoms with Crippen LogP contribution in [0, 0.1) is 0 Å². The zero-order valence-electron chi connectivity index (χ0n) is 13.0. The van der Waals surface area contributed by atoms with Crippen LogP contribution in [0.2, 0.25) is 0 Å². The topological polar surface area (TPSA) is 86.7 Å². The van der Waals surface area contributed by atoms with Crippen molar-refractivity contribution in [1.29, 1.82) is 0 Å². The van der Waals surface area contributed by atoms with Gasteiger partial charge in [-0.1, -0.05) is 28.9 Å². The summed E-state index contributed by atoms with van der Waals surface area (Å²) >= 11 is 3.35. The third kappa shape index (κ3) is 3.72. The van der Waals surface area contributed by atoms with E-state index in [1.165, 1.54) is 11.8 Å². The van der Waals surface area contributed by atoms with Gasteiger partial charge in [0.05, 0.1) is 0 Å². The molecule has 2 rings (SSSR count). The molecule has 6 nitrogen and oxygen atoms in total. The fourth-order valence-electron chi connectivity index (χ4n) is 2.87. The highest BCUT2D eigenvalue weighted by atomic mass is 79.9. The molecular formula is C16H19BrN2O4. The van der Waals surface area contributed by atoms with E-state index in [2.05, 4.69) is 21.2 Å². The van der Waals surface area contributed by atoms with Crippen molar-refractivity contribution < 1.29 is 19.5 Å². The minimum atomic E-state index is -1.07. The van der Waals surface area contributed by atoms with Gasteiger partial charge in [0.2, 0.25) is 11.8 Å². The fraction of sp³-hybridized carbons (Fsp3) is 0.438. The summed E-state index contributed by atoms with van der Waals surface area (Å²) in [7, 11) is 0. The van der Waals surface area contributed by atoms with E-state index in [9.17, 15) is 19.5 Å². The van der Waals surface area contributed by atoms with E-state index in [0.717, 1.165) is 10.0 Å². The Bertz CT molecular complexity index is 647. The molecule has 2 N–H and O–H groups in total. The fourth-order valence-corrected chi connectivity index (χ4v) is 3.25. The van der Waals surface area contributed by atoms with Gasteiger partial charge in [-0.2, -0.15) is 0 Å². The Morgan fingerprint density at radius 3 is 2.70 bits per heavy atom. The van der Waals surface area contributed by atoms with E-state index in [-0.39, 0.29) is 11.8 Å². The maximum Gasteiger partial charge on any atom is 0.331 e. The number of hydrogen-bond acceptors (Lipinski definition) is 3. The third-order valence-electron chi connectivity index (χ3n) is 3.94. The van der Waals surface area contributed by atoms with Crippen LogP contribution in [-0.4, -0.2) is 40.4 Å². The van der Waals surface area contributed by atoms with Gasteiger partial charge in [0.1, 0.15) is 6.04 Å². The number of carbonyl (C=O) groups is 3. The molecule has 1 aliphatic rings. The monoisotopic (exact) mass is 382 g/mol. The smallest absolute Gasteiger partial charge is 0.331 e. The van der Waals surface area contributed by atoms with Crippen molar-refractivity contribution in [3.63, 3.8) is 0 Å². The molecule has 0 fully saturated rings. The average Bonchev–Trinajstić information content (AvgIpc) is 2.50. The van der Waals surface area contributed by atoms with Crippen molar-refractivity contribution in [2.75, 3.05) is 6.54 Å². The molecular weight excluding hydrogens is 364 g/mol. The predicted molar refractivity (Wildman–Crippen MR) is 87.8 cm³/mol. The molecule has 0 aliphatic carbocycles. The summed E-state index contributed by atoms with van der Waals surface area (Å²) in [4.78, 5) is 37.1. The Kier molecular flexibility index (Phi) is 5.41. The zero-order chi connectivity index (χ0) is 17.1. The summed E-state index contributed by atoms with van der Waals surface area (Å²) < 4.78 is 0.769. The van der Waals surface area contributed by atoms with Crippen molar-refractivity contribution in [3.05, 3.63) is 33.8 Å². The van der Waals surface area contributed by atoms with E-state index in [1.54, 1.807) is 13.0 Å². The molecule has 2 amide bonds. The van der Waals surface area contributed by atoms with E-state index in [4.69, 9.17) is 0 Å². The molecule has 7 heteroatoms. The second-order valence-electron chi connectivity index (χ2n) is 5.53. The zero-order valence-corrected chi connectivity index (χ0v) is 14.6. The number of nitrogens with one attached hydrogen (secondary N) is 1. The van der Waals surface area contributed by atoms with E-state index < -0.39 is 18.1 Å². The highest BCUT2D eigenvalue weighted by molar-refractivity contribution is 9.10. The number of halogens is 1. The lowest BCUT2D eigenvalue weighted by atomic mass is 9.92. The van der Waals surface area contributed by atoms with Gasteiger partial charge in [0.25, 0.3) is 0 Å². The SMILES string of the molecule is CCC(NC(C)=O)C(=O)N1CCc2ccc(Br)cc2C1C(=O)O. The first kappa shape index (κ1) is 17.5. The number of benzene rings is 1. The number of fused-ring (bicyclic) bond motifs is 1. The molecule has 0 saturated heterocycles. The highest BCUT2D eigenvalue weighted by Crippen LogP contribution is 2.32. The summed E-state index contributed by atoms with van der Waals surface area (Å²) in [6.07, 6.45) is 1.00. The lowest BCUT2D eigenvalue weighted by Gasteiger charge is -2.36. The van der Waals surface area contributed by atoms with Crippen LogP contribution in [0.25, 0.3) is 0 Å². The maximum absolute atomic E-state index is 12.7. The van der Waals surface area contributed by atoms with Gasteiger partial charge >= 0.3 is 5.97 Å². The van der Waals surface area contributed by atoms with Gasteiger partial charge in [-0.05, 0) is 36.1 Å². The minimum Gasteiger partial charge on any atom is -0.479 e. The first-order valence-corrected chi connectivity index (χ1v) is 8.23. The Morgan fingerprint density at radius 1 is 1.43 bits per heavy atom. The standard InChI is InChI=1S/C16H19BrN2O4/c1-3-13(18-9(2)20)15(21)19-7-6-10-4-5-11(17)8-12(10)14(19)16(22)23/h4-5,8,13-14H,3,6-7H2,1-2H3,(H,18,20)(H,22,23). The van der Waals surface area contributed by atoms with Gasteiger partial charge < -0.3 is 15.3 Å². The second-order valence-corrected chi connectivity index (χ2v) is 6.44. The van der Waals surface area contributed by atoms with Gasteiger partial charge in [-0.15, -0.1) is 0 Å². The largest absolute Gasteiger partial charge is 0.479 e.